The standard InChI is InChI=1S/C18H23N3O4/c1-4-24-15-8-6-14(7-9-15)21-17(22)11-19-18(23)20-13(3)16-10-5-12(2)25-16/h5-10,13H,4,11H2,1-3H3,(H,21,22)(H2,19,20,23). The van der Waals surface area contributed by atoms with Gasteiger partial charge in [0.15, 0.2) is 0 Å². The van der Waals surface area contributed by atoms with Gasteiger partial charge in [-0.2, -0.15) is 0 Å². The maximum Gasteiger partial charge on any atom is 0.315 e. The van der Waals surface area contributed by atoms with E-state index < -0.39 is 6.03 Å². The summed E-state index contributed by atoms with van der Waals surface area (Å²) in [6, 6.07) is 9.92. The topological polar surface area (TPSA) is 92.6 Å². The first-order chi connectivity index (χ1) is 12.0. The van der Waals surface area contributed by atoms with Gasteiger partial charge in [0.1, 0.15) is 17.3 Å². The average Bonchev–Trinajstić information content (AvgIpc) is 3.02. The zero-order valence-electron chi connectivity index (χ0n) is 14.6. The van der Waals surface area contributed by atoms with Gasteiger partial charge in [0.2, 0.25) is 5.91 Å². The lowest BCUT2D eigenvalue weighted by Gasteiger charge is -2.13. The number of urea groups is 1. The van der Waals surface area contributed by atoms with E-state index in [-0.39, 0.29) is 18.5 Å². The third-order valence-electron chi connectivity index (χ3n) is 3.39. The summed E-state index contributed by atoms with van der Waals surface area (Å²) >= 11 is 0. The lowest BCUT2D eigenvalue weighted by molar-refractivity contribution is -0.115. The molecule has 25 heavy (non-hydrogen) atoms. The maximum atomic E-state index is 11.9. The zero-order chi connectivity index (χ0) is 18.2. The van der Waals surface area contributed by atoms with Crippen LogP contribution in [0.25, 0.3) is 0 Å². The van der Waals surface area contributed by atoms with Crippen molar-refractivity contribution in [2.24, 2.45) is 0 Å². The fourth-order valence-electron chi connectivity index (χ4n) is 2.17. The summed E-state index contributed by atoms with van der Waals surface area (Å²) in [4.78, 5) is 23.7. The van der Waals surface area contributed by atoms with E-state index in [1.54, 1.807) is 37.3 Å². The lowest BCUT2D eigenvalue weighted by atomic mass is 10.2. The van der Waals surface area contributed by atoms with Crippen LogP contribution in [-0.4, -0.2) is 25.1 Å². The Balaban J connectivity index is 1.74. The second-order valence-electron chi connectivity index (χ2n) is 5.50. The van der Waals surface area contributed by atoms with Crippen molar-refractivity contribution in [1.29, 1.82) is 0 Å². The fraction of sp³-hybridized carbons (Fsp3) is 0.333. The van der Waals surface area contributed by atoms with Gasteiger partial charge >= 0.3 is 6.03 Å². The molecule has 1 aromatic carbocycles. The number of furan rings is 1. The van der Waals surface area contributed by atoms with Crippen molar-refractivity contribution in [3.63, 3.8) is 0 Å². The van der Waals surface area contributed by atoms with Crippen LogP contribution in [0.4, 0.5) is 10.5 Å². The van der Waals surface area contributed by atoms with Crippen LogP contribution in [0, 0.1) is 6.92 Å². The van der Waals surface area contributed by atoms with Crippen molar-refractivity contribution in [3.8, 4) is 5.75 Å². The summed E-state index contributed by atoms with van der Waals surface area (Å²) in [6.07, 6.45) is 0. The molecule has 1 atom stereocenters. The molecule has 2 rings (SSSR count). The van der Waals surface area contributed by atoms with E-state index in [4.69, 9.17) is 9.15 Å². The third-order valence-corrected chi connectivity index (χ3v) is 3.39. The van der Waals surface area contributed by atoms with E-state index >= 15 is 0 Å². The predicted octanol–water partition coefficient (Wildman–Crippen LogP) is 2.99. The Morgan fingerprint density at radius 3 is 2.48 bits per heavy atom. The van der Waals surface area contributed by atoms with Gasteiger partial charge < -0.3 is 25.1 Å². The Kier molecular flexibility index (Phi) is 6.45. The lowest BCUT2D eigenvalue weighted by Crippen LogP contribution is -2.40. The molecule has 1 aromatic heterocycles. The molecule has 134 valence electrons. The van der Waals surface area contributed by atoms with Gasteiger partial charge in [-0.05, 0) is 57.2 Å². The Morgan fingerprint density at radius 1 is 1.16 bits per heavy atom. The molecule has 1 heterocycles. The monoisotopic (exact) mass is 345 g/mol. The molecule has 0 radical (unpaired) electrons. The number of nitrogens with one attached hydrogen (secondary N) is 3. The largest absolute Gasteiger partial charge is 0.494 e. The Hall–Kier alpha value is -2.96. The van der Waals surface area contributed by atoms with E-state index in [1.807, 2.05) is 19.9 Å². The van der Waals surface area contributed by atoms with Gasteiger partial charge in [0.25, 0.3) is 0 Å². The molecule has 7 heteroatoms. The van der Waals surface area contributed by atoms with Crippen LogP contribution in [-0.2, 0) is 4.79 Å². The molecule has 0 aliphatic heterocycles. The first-order valence-electron chi connectivity index (χ1n) is 8.11. The summed E-state index contributed by atoms with van der Waals surface area (Å²) in [5, 5.41) is 7.92. The van der Waals surface area contributed by atoms with Gasteiger partial charge in [-0.25, -0.2) is 4.79 Å². The van der Waals surface area contributed by atoms with Crippen LogP contribution in [0.3, 0.4) is 0 Å². The van der Waals surface area contributed by atoms with Gasteiger partial charge in [0.05, 0.1) is 19.2 Å². The predicted molar refractivity (Wildman–Crippen MR) is 94.6 cm³/mol. The SMILES string of the molecule is CCOc1ccc(NC(=O)CNC(=O)NC(C)c2ccc(C)o2)cc1. The molecular weight excluding hydrogens is 322 g/mol. The molecule has 0 saturated heterocycles. The quantitative estimate of drug-likeness (QED) is 0.719. The van der Waals surface area contributed by atoms with E-state index in [0.29, 0.717) is 18.1 Å². The van der Waals surface area contributed by atoms with Crippen molar-refractivity contribution in [1.82, 2.24) is 10.6 Å². The van der Waals surface area contributed by atoms with E-state index in [2.05, 4.69) is 16.0 Å². The normalized spacial score (nSPS) is 11.5. The second kappa shape index (κ2) is 8.77. The van der Waals surface area contributed by atoms with Crippen LogP contribution < -0.4 is 20.7 Å². The highest BCUT2D eigenvalue weighted by atomic mass is 16.5. The van der Waals surface area contributed by atoms with Gasteiger partial charge in [-0.3, -0.25) is 4.79 Å². The van der Waals surface area contributed by atoms with Crippen molar-refractivity contribution >= 4 is 17.6 Å². The summed E-state index contributed by atoms with van der Waals surface area (Å²) in [7, 11) is 0. The Labute approximate surface area is 146 Å². The molecule has 0 fully saturated rings. The molecule has 0 spiro atoms. The molecule has 0 saturated carbocycles. The smallest absolute Gasteiger partial charge is 0.315 e. The summed E-state index contributed by atoms with van der Waals surface area (Å²) in [5.41, 5.74) is 0.634. The molecular formula is C18H23N3O4. The molecule has 0 bridgehead atoms. The van der Waals surface area contributed by atoms with Crippen LogP contribution in [0.1, 0.15) is 31.4 Å². The van der Waals surface area contributed by atoms with Gasteiger partial charge in [-0.1, -0.05) is 0 Å². The highest BCUT2D eigenvalue weighted by molar-refractivity contribution is 5.94. The van der Waals surface area contributed by atoms with Crippen molar-refractivity contribution < 1.29 is 18.7 Å². The minimum absolute atomic E-state index is 0.136. The van der Waals surface area contributed by atoms with E-state index in [1.165, 1.54) is 0 Å². The number of carbonyl (C=O) groups excluding carboxylic acids is 2. The van der Waals surface area contributed by atoms with Gasteiger partial charge in [-0.15, -0.1) is 0 Å². The van der Waals surface area contributed by atoms with Crippen molar-refractivity contribution in [2.45, 2.75) is 26.8 Å². The summed E-state index contributed by atoms with van der Waals surface area (Å²) in [6.45, 7) is 5.99. The molecule has 3 N–H and O–H groups in total. The summed E-state index contributed by atoms with van der Waals surface area (Å²) < 4.78 is 10.8. The van der Waals surface area contributed by atoms with Crippen molar-refractivity contribution in [2.75, 3.05) is 18.5 Å². The number of aryl methyl sites for hydroxylation is 1. The number of hydrogen-bond donors (Lipinski definition) is 3. The van der Waals surface area contributed by atoms with Crippen LogP contribution in [0.15, 0.2) is 40.8 Å². The molecule has 0 aliphatic carbocycles. The number of ether oxygens (including phenoxy) is 1. The number of hydrogen-bond acceptors (Lipinski definition) is 4. The van der Waals surface area contributed by atoms with E-state index in [9.17, 15) is 9.59 Å². The number of rotatable bonds is 7. The molecule has 1 unspecified atom stereocenters. The molecule has 2 aromatic rings. The average molecular weight is 345 g/mol. The first kappa shape index (κ1) is 18.4. The van der Waals surface area contributed by atoms with E-state index in [0.717, 1.165) is 11.5 Å². The molecule has 3 amide bonds. The number of amides is 3. The first-order valence-corrected chi connectivity index (χ1v) is 8.11. The fourth-order valence-corrected chi connectivity index (χ4v) is 2.17. The minimum Gasteiger partial charge on any atom is -0.494 e. The second-order valence-corrected chi connectivity index (χ2v) is 5.50. The van der Waals surface area contributed by atoms with Crippen LogP contribution in [0.5, 0.6) is 5.75 Å². The van der Waals surface area contributed by atoms with Gasteiger partial charge in [0, 0.05) is 5.69 Å². The third kappa shape index (κ3) is 5.87. The minimum atomic E-state index is -0.441. The Bertz CT molecular complexity index is 709. The zero-order valence-corrected chi connectivity index (χ0v) is 14.6. The highest BCUT2D eigenvalue weighted by Gasteiger charge is 2.13. The number of carbonyl (C=O) groups is 2. The highest BCUT2D eigenvalue weighted by Crippen LogP contribution is 2.16. The summed E-state index contributed by atoms with van der Waals surface area (Å²) in [5.74, 6) is 1.85. The Morgan fingerprint density at radius 2 is 1.88 bits per heavy atom. The molecule has 7 nitrogen and oxygen atoms in total. The van der Waals surface area contributed by atoms with Crippen LogP contribution in [0.2, 0.25) is 0 Å². The number of anilines is 1. The molecule has 0 aliphatic rings. The maximum absolute atomic E-state index is 11.9. The van der Waals surface area contributed by atoms with Crippen LogP contribution >= 0.6 is 0 Å². The number of benzene rings is 1. The van der Waals surface area contributed by atoms with Crippen molar-refractivity contribution in [3.05, 3.63) is 47.9 Å².